The summed E-state index contributed by atoms with van der Waals surface area (Å²) < 4.78 is 4.82. The quantitative estimate of drug-likeness (QED) is 0.487. The van der Waals surface area contributed by atoms with Gasteiger partial charge in [-0.15, -0.1) is 11.8 Å². The van der Waals surface area contributed by atoms with Crippen LogP contribution in [0.4, 0.5) is 5.82 Å². The third-order valence-corrected chi connectivity index (χ3v) is 8.00. The standard InChI is InChI=1S/C24H15ClN4O3S2/c1-32-24(31)15-7-3-6-14-20(30)18(11-33-21(14)15)34-23-17(10-27)19(16(9-26)22(28)29-23)12-4-2-5-13(25)8-12/h2-8,18H,11H2,1H3,(H2,28,29). The number of hydrogen-bond donors (Lipinski definition) is 1. The van der Waals surface area contributed by atoms with Gasteiger partial charge in [0.25, 0.3) is 0 Å². The lowest BCUT2D eigenvalue weighted by molar-refractivity contribution is 0.0596. The number of nitrogens with two attached hydrogens (primary N) is 1. The van der Waals surface area contributed by atoms with Crippen LogP contribution in [0.15, 0.2) is 52.4 Å². The number of nitriles is 2. The molecule has 2 heterocycles. The summed E-state index contributed by atoms with van der Waals surface area (Å²) in [6.07, 6.45) is 0. The maximum Gasteiger partial charge on any atom is 0.339 e. The second-order valence-corrected chi connectivity index (χ2v) is 9.77. The highest BCUT2D eigenvalue weighted by molar-refractivity contribution is 8.04. The highest BCUT2D eigenvalue weighted by Crippen LogP contribution is 2.42. The Balaban J connectivity index is 1.78. The van der Waals surface area contributed by atoms with E-state index in [1.54, 1.807) is 42.5 Å². The lowest BCUT2D eigenvalue weighted by Gasteiger charge is -2.24. The van der Waals surface area contributed by atoms with Crippen LogP contribution in [0.25, 0.3) is 11.1 Å². The average molecular weight is 507 g/mol. The van der Waals surface area contributed by atoms with Crippen molar-refractivity contribution in [3.8, 4) is 23.3 Å². The second-order valence-electron chi connectivity index (χ2n) is 7.12. The van der Waals surface area contributed by atoms with Crippen molar-refractivity contribution >= 4 is 52.7 Å². The summed E-state index contributed by atoms with van der Waals surface area (Å²) >= 11 is 8.61. The predicted molar refractivity (Wildman–Crippen MR) is 131 cm³/mol. The van der Waals surface area contributed by atoms with Gasteiger partial charge in [0.05, 0.1) is 23.5 Å². The molecule has 0 saturated heterocycles. The van der Waals surface area contributed by atoms with E-state index in [-0.39, 0.29) is 27.8 Å². The summed E-state index contributed by atoms with van der Waals surface area (Å²) in [6.45, 7) is 0. The Morgan fingerprint density at radius 1 is 1.24 bits per heavy atom. The van der Waals surface area contributed by atoms with Crippen LogP contribution in [0, 0.1) is 22.7 Å². The van der Waals surface area contributed by atoms with Gasteiger partial charge in [-0.1, -0.05) is 47.6 Å². The number of pyridine rings is 1. The molecule has 7 nitrogen and oxygen atoms in total. The summed E-state index contributed by atoms with van der Waals surface area (Å²) in [7, 11) is 1.29. The number of nitrogen functional groups attached to an aromatic ring is 1. The van der Waals surface area contributed by atoms with Crippen LogP contribution in [-0.2, 0) is 4.74 Å². The van der Waals surface area contributed by atoms with Crippen molar-refractivity contribution in [2.45, 2.75) is 15.2 Å². The molecule has 4 rings (SSSR count). The Kier molecular flexibility index (Phi) is 6.80. The first kappa shape index (κ1) is 23.7. The lowest BCUT2D eigenvalue weighted by atomic mass is 9.97. The predicted octanol–water partition coefficient (Wildman–Crippen LogP) is 4.96. The zero-order valence-electron chi connectivity index (χ0n) is 17.7. The van der Waals surface area contributed by atoms with E-state index in [2.05, 4.69) is 11.1 Å². The number of methoxy groups -OCH3 is 1. The van der Waals surface area contributed by atoms with Crippen molar-refractivity contribution in [1.29, 1.82) is 10.5 Å². The number of esters is 1. The Hall–Kier alpha value is -3.50. The number of Topliss-reactive ketones (excluding diaryl/α,β-unsaturated/α-hetero) is 1. The summed E-state index contributed by atoms with van der Waals surface area (Å²) in [6, 6.07) is 15.8. The minimum atomic E-state index is -0.579. The van der Waals surface area contributed by atoms with E-state index < -0.39 is 11.2 Å². The number of thioether (sulfide) groups is 2. The van der Waals surface area contributed by atoms with Crippen molar-refractivity contribution in [3.63, 3.8) is 0 Å². The van der Waals surface area contributed by atoms with Gasteiger partial charge in [-0.3, -0.25) is 4.79 Å². The number of ether oxygens (including phenoxy) is 1. The van der Waals surface area contributed by atoms with E-state index in [4.69, 9.17) is 22.1 Å². The SMILES string of the molecule is COC(=O)c1cccc2c1SCC(Sc1nc(N)c(C#N)c(-c3cccc(Cl)c3)c1C#N)C2=O. The minimum Gasteiger partial charge on any atom is -0.465 e. The first-order valence-corrected chi connectivity index (χ1v) is 12.1. The normalized spacial score (nSPS) is 14.6. The maximum absolute atomic E-state index is 13.3. The lowest BCUT2D eigenvalue weighted by Crippen LogP contribution is -2.26. The Labute approximate surface area is 208 Å². The largest absolute Gasteiger partial charge is 0.465 e. The van der Waals surface area contributed by atoms with Crippen LogP contribution in [0.5, 0.6) is 0 Å². The Morgan fingerprint density at radius 3 is 2.65 bits per heavy atom. The van der Waals surface area contributed by atoms with Crippen molar-refractivity contribution in [2.24, 2.45) is 0 Å². The van der Waals surface area contributed by atoms with E-state index in [0.717, 1.165) is 11.8 Å². The number of carbonyl (C=O) groups excluding carboxylic acids is 2. The van der Waals surface area contributed by atoms with Crippen LogP contribution in [0.2, 0.25) is 5.02 Å². The number of rotatable bonds is 4. The highest BCUT2D eigenvalue weighted by atomic mass is 35.5. The first-order chi connectivity index (χ1) is 16.4. The molecule has 0 amide bonds. The average Bonchev–Trinajstić information content (AvgIpc) is 2.84. The number of anilines is 1. The summed E-state index contributed by atoms with van der Waals surface area (Å²) in [5.74, 6) is -0.392. The summed E-state index contributed by atoms with van der Waals surface area (Å²) in [5, 5.41) is 19.8. The molecule has 1 unspecified atom stereocenters. The number of carbonyl (C=O) groups is 2. The van der Waals surface area contributed by atoms with Gasteiger partial charge in [0.15, 0.2) is 5.78 Å². The number of ketones is 1. The number of hydrogen-bond acceptors (Lipinski definition) is 9. The van der Waals surface area contributed by atoms with Gasteiger partial charge in [0.2, 0.25) is 0 Å². The van der Waals surface area contributed by atoms with Crippen molar-refractivity contribution < 1.29 is 14.3 Å². The number of fused-ring (bicyclic) bond motifs is 1. The zero-order valence-corrected chi connectivity index (χ0v) is 20.1. The molecule has 0 spiro atoms. The Morgan fingerprint density at radius 2 is 1.97 bits per heavy atom. The number of benzene rings is 2. The van der Waals surface area contributed by atoms with E-state index in [9.17, 15) is 20.1 Å². The Bertz CT molecular complexity index is 1430. The topological polar surface area (TPSA) is 130 Å². The summed E-state index contributed by atoms with van der Waals surface area (Å²) in [4.78, 5) is 30.3. The van der Waals surface area contributed by atoms with Crippen LogP contribution < -0.4 is 5.73 Å². The van der Waals surface area contributed by atoms with Gasteiger partial charge >= 0.3 is 5.97 Å². The van der Waals surface area contributed by atoms with Crippen LogP contribution in [0.3, 0.4) is 0 Å². The molecule has 168 valence electrons. The van der Waals surface area contributed by atoms with Gasteiger partial charge in [-0.05, 0) is 23.8 Å². The van der Waals surface area contributed by atoms with Gasteiger partial charge in [0.1, 0.15) is 28.5 Å². The minimum absolute atomic E-state index is 0.0386. The van der Waals surface area contributed by atoms with E-state index in [1.165, 1.54) is 18.9 Å². The molecule has 10 heteroatoms. The molecule has 2 aromatic carbocycles. The van der Waals surface area contributed by atoms with Crippen LogP contribution >= 0.6 is 35.1 Å². The van der Waals surface area contributed by atoms with Crippen molar-refractivity contribution in [2.75, 3.05) is 18.6 Å². The molecule has 1 atom stereocenters. The van der Waals surface area contributed by atoms with Crippen LogP contribution in [-0.4, -0.2) is 34.8 Å². The third kappa shape index (κ3) is 4.22. The molecule has 0 bridgehead atoms. The number of nitrogens with zero attached hydrogens (tertiary/aromatic N) is 3. The smallest absolute Gasteiger partial charge is 0.339 e. The monoisotopic (exact) mass is 506 g/mol. The van der Waals surface area contributed by atoms with Gasteiger partial charge in [0, 0.05) is 26.8 Å². The molecule has 34 heavy (non-hydrogen) atoms. The molecule has 0 saturated carbocycles. The zero-order chi connectivity index (χ0) is 24.4. The van der Waals surface area contributed by atoms with Crippen molar-refractivity contribution in [1.82, 2.24) is 4.98 Å². The molecular formula is C24H15ClN4O3S2. The van der Waals surface area contributed by atoms with Gasteiger partial charge in [-0.2, -0.15) is 10.5 Å². The van der Waals surface area contributed by atoms with Gasteiger partial charge < -0.3 is 10.5 Å². The fraction of sp³-hybridized carbons (Fsp3) is 0.125. The molecule has 1 aromatic heterocycles. The van der Waals surface area contributed by atoms with Gasteiger partial charge in [-0.25, -0.2) is 9.78 Å². The molecule has 3 aromatic rings. The maximum atomic E-state index is 13.3. The molecule has 0 aliphatic carbocycles. The van der Waals surface area contributed by atoms with Crippen molar-refractivity contribution in [3.05, 3.63) is 69.7 Å². The van der Waals surface area contributed by atoms with E-state index >= 15 is 0 Å². The van der Waals surface area contributed by atoms with Crippen LogP contribution in [0.1, 0.15) is 31.8 Å². The molecule has 0 fully saturated rings. The van der Waals surface area contributed by atoms with E-state index in [0.29, 0.717) is 37.9 Å². The molecule has 2 N–H and O–H groups in total. The first-order valence-electron chi connectivity index (χ1n) is 9.84. The number of aromatic nitrogens is 1. The second kappa shape index (κ2) is 9.78. The highest BCUT2D eigenvalue weighted by Gasteiger charge is 2.33. The molecule has 1 aliphatic heterocycles. The summed E-state index contributed by atoms with van der Waals surface area (Å²) in [5.41, 5.74) is 7.92. The molecular weight excluding hydrogens is 492 g/mol. The molecule has 0 radical (unpaired) electrons. The fourth-order valence-corrected chi connectivity index (χ4v) is 6.29. The third-order valence-electron chi connectivity index (χ3n) is 5.14. The molecule has 1 aliphatic rings. The number of halogens is 1. The fourth-order valence-electron chi connectivity index (χ4n) is 3.60. The van der Waals surface area contributed by atoms with E-state index in [1.807, 2.05) is 6.07 Å².